The fourth-order valence-corrected chi connectivity index (χ4v) is 3.88. The number of halogens is 1. The molecule has 0 unspecified atom stereocenters. The highest BCUT2D eigenvalue weighted by molar-refractivity contribution is 7.99. The molecule has 8 heteroatoms. The third-order valence-corrected chi connectivity index (χ3v) is 5.82. The van der Waals surface area contributed by atoms with Crippen LogP contribution in [0.4, 0.5) is 5.69 Å². The maximum atomic E-state index is 12.9. The smallest absolute Gasteiger partial charge is 0.262 e. The van der Waals surface area contributed by atoms with E-state index in [2.05, 4.69) is 10.3 Å². The predicted molar refractivity (Wildman–Crippen MR) is 118 cm³/mol. The van der Waals surface area contributed by atoms with Crippen LogP contribution in [0.2, 0.25) is 5.02 Å². The Morgan fingerprint density at radius 3 is 2.83 bits per heavy atom. The summed E-state index contributed by atoms with van der Waals surface area (Å²) in [5, 5.41) is 4.54. The van der Waals surface area contributed by atoms with E-state index in [1.807, 2.05) is 19.1 Å². The molecule has 0 bridgehead atoms. The minimum absolute atomic E-state index is 0.111. The van der Waals surface area contributed by atoms with Gasteiger partial charge >= 0.3 is 0 Å². The van der Waals surface area contributed by atoms with Crippen molar-refractivity contribution in [3.8, 4) is 0 Å². The second kappa shape index (κ2) is 9.91. The third-order valence-electron chi connectivity index (χ3n) is 4.43. The molecule has 1 amide bonds. The molecule has 1 heterocycles. The molecule has 1 aromatic heterocycles. The SMILES string of the molecule is COCCCn1c(SCC(=O)Nc2cccc(Cl)c2C)nc2ccccc2c1=O. The number of benzene rings is 2. The Balaban J connectivity index is 1.80. The number of hydrogen-bond donors (Lipinski definition) is 1. The number of para-hydroxylation sites is 1. The van der Waals surface area contributed by atoms with Crippen LogP contribution in [-0.2, 0) is 16.1 Å². The highest BCUT2D eigenvalue weighted by Crippen LogP contribution is 2.24. The third kappa shape index (κ3) is 5.18. The van der Waals surface area contributed by atoms with Gasteiger partial charge in [0.05, 0.1) is 16.7 Å². The summed E-state index contributed by atoms with van der Waals surface area (Å²) in [4.78, 5) is 30.0. The molecular weight excluding hydrogens is 410 g/mol. The first-order chi connectivity index (χ1) is 14.0. The van der Waals surface area contributed by atoms with Crippen molar-refractivity contribution in [3.05, 3.63) is 63.4 Å². The van der Waals surface area contributed by atoms with E-state index in [-0.39, 0.29) is 17.2 Å². The molecule has 0 saturated heterocycles. The molecule has 0 aliphatic carbocycles. The summed E-state index contributed by atoms with van der Waals surface area (Å²) in [6.07, 6.45) is 0.678. The second-order valence-corrected chi connectivity index (χ2v) is 7.81. The fraction of sp³-hybridized carbons (Fsp3) is 0.286. The number of carbonyl (C=O) groups excluding carboxylic acids is 1. The van der Waals surface area contributed by atoms with Crippen LogP contribution in [0.25, 0.3) is 10.9 Å². The van der Waals surface area contributed by atoms with E-state index < -0.39 is 0 Å². The number of nitrogens with zero attached hydrogens (tertiary/aromatic N) is 2. The summed E-state index contributed by atoms with van der Waals surface area (Å²) in [5.74, 6) is -0.0627. The molecule has 0 aliphatic rings. The number of amides is 1. The van der Waals surface area contributed by atoms with Gasteiger partial charge in [-0.05, 0) is 43.2 Å². The van der Waals surface area contributed by atoms with Crippen molar-refractivity contribution in [3.63, 3.8) is 0 Å². The summed E-state index contributed by atoms with van der Waals surface area (Å²) in [6.45, 7) is 2.86. The van der Waals surface area contributed by atoms with Gasteiger partial charge in [0.2, 0.25) is 5.91 Å². The summed E-state index contributed by atoms with van der Waals surface area (Å²) in [5.41, 5.74) is 1.99. The van der Waals surface area contributed by atoms with Gasteiger partial charge in [0.25, 0.3) is 5.56 Å². The van der Waals surface area contributed by atoms with Gasteiger partial charge in [0.1, 0.15) is 0 Å². The molecule has 0 spiro atoms. The van der Waals surface area contributed by atoms with E-state index in [9.17, 15) is 9.59 Å². The zero-order valence-electron chi connectivity index (χ0n) is 16.3. The molecule has 1 N–H and O–H groups in total. The highest BCUT2D eigenvalue weighted by atomic mass is 35.5. The number of methoxy groups -OCH3 is 1. The van der Waals surface area contributed by atoms with Gasteiger partial charge in [0, 0.05) is 31.0 Å². The Morgan fingerprint density at radius 1 is 1.24 bits per heavy atom. The van der Waals surface area contributed by atoms with Crippen LogP contribution in [0.5, 0.6) is 0 Å². The maximum Gasteiger partial charge on any atom is 0.262 e. The number of nitrogens with one attached hydrogen (secondary N) is 1. The van der Waals surface area contributed by atoms with E-state index in [4.69, 9.17) is 16.3 Å². The van der Waals surface area contributed by atoms with Gasteiger partial charge in [-0.15, -0.1) is 0 Å². The number of fused-ring (bicyclic) bond motifs is 1. The topological polar surface area (TPSA) is 73.2 Å². The Morgan fingerprint density at radius 2 is 2.03 bits per heavy atom. The molecule has 2 aromatic carbocycles. The first-order valence-corrected chi connectivity index (χ1v) is 10.5. The number of thioether (sulfide) groups is 1. The number of anilines is 1. The molecule has 0 fully saturated rings. The Bertz CT molecular complexity index is 1080. The molecule has 29 heavy (non-hydrogen) atoms. The van der Waals surface area contributed by atoms with E-state index in [0.717, 1.165) is 5.56 Å². The van der Waals surface area contributed by atoms with E-state index in [1.54, 1.807) is 42.0 Å². The van der Waals surface area contributed by atoms with Crippen molar-refractivity contribution in [1.29, 1.82) is 0 Å². The molecule has 3 aromatic rings. The molecule has 6 nitrogen and oxygen atoms in total. The van der Waals surface area contributed by atoms with E-state index >= 15 is 0 Å². The lowest BCUT2D eigenvalue weighted by molar-refractivity contribution is -0.113. The minimum atomic E-state index is -0.189. The predicted octanol–water partition coefficient (Wildman–Crippen LogP) is 4.13. The average Bonchev–Trinajstić information content (AvgIpc) is 2.72. The summed E-state index contributed by atoms with van der Waals surface area (Å²) < 4.78 is 6.71. The van der Waals surface area contributed by atoms with Crippen LogP contribution in [-0.4, -0.2) is 34.9 Å². The normalized spacial score (nSPS) is 11.0. The number of hydrogen-bond acceptors (Lipinski definition) is 5. The van der Waals surface area contributed by atoms with Crippen molar-refractivity contribution in [2.75, 3.05) is 24.8 Å². The van der Waals surface area contributed by atoms with E-state index in [0.29, 0.717) is 46.3 Å². The largest absolute Gasteiger partial charge is 0.385 e. The number of ether oxygens (including phenoxy) is 1. The van der Waals surface area contributed by atoms with Gasteiger partial charge < -0.3 is 10.1 Å². The molecular formula is C21H22ClN3O3S. The lowest BCUT2D eigenvalue weighted by Gasteiger charge is -2.13. The quantitative estimate of drug-likeness (QED) is 0.330. The van der Waals surface area contributed by atoms with Crippen molar-refractivity contribution >= 4 is 45.9 Å². The van der Waals surface area contributed by atoms with Gasteiger partial charge in [-0.3, -0.25) is 14.2 Å². The summed E-state index contributed by atoms with van der Waals surface area (Å²) >= 11 is 7.35. The minimum Gasteiger partial charge on any atom is -0.385 e. The zero-order valence-corrected chi connectivity index (χ0v) is 17.8. The molecule has 0 atom stereocenters. The first-order valence-electron chi connectivity index (χ1n) is 9.17. The number of rotatable bonds is 8. The highest BCUT2D eigenvalue weighted by Gasteiger charge is 2.14. The second-order valence-electron chi connectivity index (χ2n) is 6.46. The number of carbonyl (C=O) groups is 1. The van der Waals surface area contributed by atoms with Gasteiger partial charge in [-0.1, -0.05) is 41.6 Å². The van der Waals surface area contributed by atoms with Crippen LogP contribution in [0, 0.1) is 6.92 Å². The Kier molecular flexibility index (Phi) is 7.30. The van der Waals surface area contributed by atoms with E-state index in [1.165, 1.54) is 11.8 Å². The fourth-order valence-electron chi connectivity index (χ4n) is 2.88. The zero-order chi connectivity index (χ0) is 20.8. The van der Waals surface area contributed by atoms with Gasteiger partial charge in [0.15, 0.2) is 5.16 Å². The van der Waals surface area contributed by atoms with Crippen molar-refractivity contribution in [1.82, 2.24) is 9.55 Å². The standard InChI is InChI=1S/C21H22ClN3O3S/c1-14-16(22)8-5-10-17(14)23-19(26)13-29-21-24-18-9-4-3-7-15(18)20(27)25(21)11-6-12-28-2/h3-5,7-10H,6,11-13H2,1-2H3,(H,23,26). The average molecular weight is 432 g/mol. The first kappa shape index (κ1) is 21.4. The summed E-state index contributed by atoms with van der Waals surface area (Å²) in [6, 6.07) is 12.6. The maximum absolute atomic E-state index is 12.9. The monoisotopic (exact) mass is 431 g/mol. The van der Waals surface area contributed by atoms with Crippen molar-refractivity contribution < 1.29 is 9.53 Å². The molecule has 152 valence electrons. The molecule has 0 aliphatic heterocycles. The molecule has 0 saturated carbocycles. The molecule has 3 rings (SSSR count). The van der Waals surface area contributed by atoms with Gasteiger partial charge in [-0.2, -0.15) is 0 Å². The van der Waals surface area contributed by atoms with Crippen LogP contribution < -0.4 is 10.9 Å². The lowest BCUT2D eigenvalue weighted by Crippen LogP contribution is -2.25. The summed E-state index contributed by atoms with van der Waals surface area (Å²) in [7, 11) is 1.62. The van der Waals surface area contributed by atoms with Crippen LogP contribution in [0.1, 0.15) is 12.0 Å². The lowest BCUT2D eigenvalue weighted by atomic mass is 10.2. The van der Waals surface area contributed by atoms with Gasteiger partial charge in [-0.25, -0.2) is 4.98 Å². The van der Waals surface area contributed by atoms with Crippen molar-refractivity contribution in [2.24, 2.45) is 0 Å². The van der Waals surface area contributed by atoms with Crippen LogP contribution in [0.15, 0.2) is 52.4 Å². The van der Waals surface area contributed by atoms with Crippen LogP contribution in [0.3, 0.4) is 0 Å². The molecule has 0 radical (unpaired) electrons. The van der Waals surface area contributed by atoms with Crippen LogP contribution >= 0.6 is 23.4 Å². The van der Waals surface area contributed by atoms with Crippen molar-refractivity contribution in [2.45, 2.75) is 25.0 Å². The Labute approximate surface area is 178 Å². The number of aromatic nitrogens is 2. The Hall–Kier alpha value is -2.35.